The van der Waals surface area contributed by atoms with Gasteiger partial charge in [0, 0.05) is 22.0 Å². The third-order valence-corrected chi connectivity index (χ3v) is 8.10. The highest BCUT2D eigenvalue weighted by Gasteiger charge is 2.42. The van der Waals surface area contributed by atoms with E-state index in [4.69, 9.17) is 28.2 Å². The average Bonchev–Trinajstić information content (AvgIpc) is 3.51. The van der Waals surface area contributed by atoms with Gasteiger partial charge in [0.1, 0.15) is 5.69 Å². The van der Waals surface area contributed by atoms with Crippen molar-refractivity contribution < 1.29 is 4.79 Å². The zero-order valence-electron chi connectivity index (χ0n) is 17.4. The molecule has 2 bridgehead atoms. The van der Waals surface area contributed by atoms with Crippen LogP contribution in [0.25, 0.3) is 16.4 Å². The second-order valence-electron chi connectivity index (χ2n) is 8.82. The van der Waals surface area contributed by atoms with Gasteiger partial charge in [-0.2, -0.15) is 5.10 Å². The first-order chi connectivity index (χ1) is 14.9. The summed E-state index contributed by atoms with van der Waals surface area (Å²) in [6.45, 7) is 4.03. The maximum absolute atomic E-state index is 13.2. The van der Waals surface area contributed by atoms with Gasteiger partial charge in [0.15, 0.2) is 0 Å². The second kappa shape index (κ2) is 8.23. The standard InChI is InChI=1S/C23H24Cl2N4OS/c1-12-7-21(22(30)26-13(2)18-9-14-3-4-15(18)8-14)29(28-12)23-27-20(11-31-23)17-6-5-16(24)10-19(17)25/h5-7,10-11,13-15,18H,3-4,8-9H2,1-2H3,(H,26,30)/t13-,14-,15-,18+/m0/s1. The minimum Gasteiger partial charge on any atom is -0.348 e. The van der Waals surface area contributed by atoms with Crippen LogP contribution in [0.15, 0.2) is 29.6 Å². The summed E-state index contributed by atoms with van der Waals surface area (Å²) in [5, 5.41) is 11.4. The first-order valence-electron chi connectivity index (χ1n) is 10.7. The van der Waals surface area contributed by atoms with Crippen molar-refractivity contribution in [3.05, 3.63) is 51.1 Å². The van der Waals surface area contributed by atoms with Gasteiger partial charge in [0.2, 0.25) is 5.13 Å². The molecule has 31 heavy (non-hydrogen) atoms. The Bertz CT molecular complexity index is 1140. The average molecular weight is 475 g/mol. The van der Waals surface area contributed by atoms with Gasteiger partial charge in [-0.15, -0.1) is 11.3 Å². The van der Waals surface area contributed by atoms with Crippen LogP contribution in [-0.2, 0) is 0 Å². The molecule has 0 radical (unpaired) electrons. The van der Waals surface area contributed by atoms with Crippen LogP contribution in [0.4, 0.5) is 0 Å². The summed E-state index contributed by atoms with van der Waals surface area (Å²) in [6, 6.07) is 7.31. The molecule has 5 rings (SSSR count). The molecule has 4 atom stereocenters. The van der Waals surface area contributed by atoms with E-state index in [0.717, 1.165) is 28.8 Å². The zero-order valence-corrected chi connectivity index (χ0v) is 19.8. The van der Waals surface area contributed by atoms with Crippen molar-refractivity contribution in [2.24, 2.45) is 17.8 Å². The molecule has 2 aliphatic carbocycles. The Morgan fingerprint density at radius 3 is 2.81 bits per heavy atom. The Kier molecular flexibility index (Phi) is 5.57. The molecule has 1 N–H and O–H groups in total. The van der Waals surface area contributed by atoms with Gasteiger partial charge < -0.3 is 5.32 Å². The minimum absolute atomic E-state index is 0.0999. The number of carbonyl (C=O) groups excluding carboxylic acids is 1. The molecule has 5 nitrogen and oxygen atoms in total. The highest BCUT2D eigenvalue weighted by Crippen LogP contribution is 2.49. The highest BCUT2D eigenvalue weighted by molar-refractivity contribution is 7.12. The molecule has 2 heterocycles. The van der Waals surface area contributed by atoms with E-state index in [2.05, 4.69) is 17.3 Å². The second-order valence-corrected chi connectivity index (χ2v) is 10.5. The van der Waals surface area contributed by atoms with Crippen LogP contribution in [-0.4, -0.2) is 26.7 Å². The van der Waals surface area contributed by atoms with E-state index in [1.165, 1.54) is 37.0 Å². The number of hydrogen-bond acceptors (Lipinski definition) is 4. The van der Waals surface area contributed by atoms with Crippen molar-refractivity contribution in [1.82, 2.24) is 20.1 Å². The Morgan fingerprint density at radius 1 is 1.26 bits per heavy atom. The molecule has 0 unspecified atom stereocenters. The first kappa shape index (κ1) is 21.0. The molecule has 2 aromatic heterocycles. The normalized spacial score (nSPS) is 23.3. The number of nitrogens with one attached hydrogen (secondary N) is 1. The maximum Gasteiger partial charge on any atom is 0.270 e. The molecule has 2 aliphatic rings. The number of aromatic nitrogens is 3. The zero-order chi connectivity index (χ0) is 21.7. The van der Waals surface area contributed by atoms with Gasteiger partial charge in [0.25, 0.3) is 5.91 Å². The van der Waals surface area contributed by atoms with Crippen LogP contribution >= 0.6 is 34.5 Å². The number of rotatable bonds is 5. The Labute approximate surface area is 195 Å². The Morgan fingerprint density at radius 2 is 2.10 bits per heavy atom. The van der Waals surface area contributed by atoms with Gasteiger partial charge in [-0.1, -0.05) is 29.6 Å². The van der Waals surface area contributed by atoms with E-state index >= 15 is 0 Å². The summed E-state index contributed by atoms with van der Waals surface area (Å²) < 4.78 is 1.64. The van der Waals surface area contributed by atoms with Crippen molar-refractivity contribution in [2.75, 3.05) is 0 Å². The van der Waals surface area contributed by atoms with E-state index in [-0.39, 0.29) is 11.9 Å². The van der Waals surface area contributed by atoms with Crippen molar-refractivity contribution in [2.45, 2.75) is 45.6 Å². The van der Waals surface area contributed by atoms with Crippen LogP contribution in [0.3, 0.4) is 0 Å². The summed E-state index contributed by atoms with van der Waals surface area (Å²) in [5.41, 5.74) is 2.82. The number of carbonyl (C=O) groups is 1. The molecule has 0 saturated heterocycles. The molecule has 8 heteroatoms. The third-order valence-electron chi connectivity index (χ3n) is 6.74. The number of nitrogens with zero attached hydrogens (tertiary/aromatic N) is 3. The molecule has 2 saturated carbocycles. The summed E-state index contributed by atoms with van der Waals surface area (Å²) >= 11 is 13.8. The summed E-state index contributed by atoms with van der Waals surface area (Å²) in [4.78, 5) is 17.9. The molecule has 1 amide bonds. The minimum atomic E-state index is -0.0999. The summed E-state index contributed by atoms with van der Waals surface area (Å²) in [6.07, 6.45) is 5.23. The fraction of sp³-hybridized carbons (Fsp3) is 0.435. The van der Waals surface area contributed by atoms with Crippen molar-refractivity contribution in [1.29, 1.82) is 0 Å². The van der Waals surface area contributed by atoms with Gasteiger partial charge >= 0.3 is 0 Å². The number of fused-ring (bicyclic) bond motifs is 2. The molecule has 3 aromatic rings. The highest BCUT2D eigenvalue weighted by atomic mass is 35.5. The van der Waals surface area contributed by atoms with Gasteiger partial charge in [-0.05, 0) is 75.1 Å². The number of thiazole rings is 1. The third kappa shape index (κ3) is 4.01. The van der Waals surface area contributed by atoms with E-state index in [1.807, 2.05) is 24.4 Å². The lowest BCUT2D eigenvalue weighted by Gasteiger charge is -2.28. The Hall–Kier alpha value is -1.89. The number of benzene rings is 1. The predicted molar refractivity (Wildman–Crippen MR) is 125 cm³/mol. The van der Waals surface area contributed by atoms with Crippen LogP contribution < -0.4 is 5.32 Å². The number of amides is 1. The largest absolute Gasteiger partial charge is 0.348 e. The fourth-order valence-corrected chi connectivity index (χ4v) is 6.58. The fourth-order valence-electron chi connectivity index (χ4n) is 5.28. The van der Waals surface area contributed by atoms with E-state index in [9.17, 15) is 4.79 Å². The van der Waals surface area contributed by atoms with Crippen LogP contribution in [0.1, 0.15) is 48.8 Å². The maximum atomic E-state index is 13.2. The smallest absolute Gasteiger partial charge is 0.270 e. The molecule has 0 spiro atoms. The number of aryl methyl sites for hydroxylation is 1. The topological polar surface area (TPSA) is 59.8 Å². The lowest BCUT2D eigenvalue weighted by molar-refractivity contribution is 0.0907. The first-order valence-corrected chi connectivity index (χ1v) is 12.3. The molecular formula is C23H24Cl2N4OS. The predicted octanol–water partition coefficient (Wildman–Crippen LogP) is 6.17. The van der Waals surface area contributed by atoms with Crippen LogP contribution in [0.5, 0.6) is 0 Å². The van der Waals surface area contributed by atoms with E-state index in [0.29, 0.717) is 26.8 Å². The molecular weight excluding hydrogens is 451 g/mol. The lowest BCUT2D eigenvalue weighted by Crippen LogP contribution is -2.40. The molecule has 0 aliphatic heterocycles. The summed E-state index contributed by atoms with van der Waals surface area (Å²) in [7, 11) is 0. The van der Waals surface area contributed by atoms with Crippen LogP contribution in [0, 0.1) is 24.7 Å². The molecule has 162 valence electrons. The van der Waals surface area contributed by atoms with E-state index < -0.39 is 0 Å². The SMILES string of the molecule is Cc1cc(C(=O)N[C@@H](C)[C@H]2C[C@H]3CC[C@H]2C3)n(-c2nc(-c3ccc(Cl)cc3Cl)cs2)n1. The van der Waals surface area contributed by atoms with Gasteiger partial charge in [-0.3, -0.25) is 4.79 Å². The van der Waals surface area contributed by atoms with Gasteiger partial charge in [-0.25, -0.2) is 9.67 Å². The number of hydrogen-bond donors (Lipinski definition) is 1. The quantitative estimate of drug-likeness (QED) is 0.481. The molecule has 1 aromatic carbocycles. The van der Waals surface area contributed by atoms with Crippen LogP contribution in [0.2, 0.25) is 10.0 Å². The number of halogens is 2. The van der Waals surface area contributed by atoms with Gasteiger partial charge in [0.05, 0.1) is 16.4 Å². The summed E-state index contributed by atoms with van der Waals surface area (Å²) in [5.74, 6) is 2.10. The lowest BCUT2D eigenvalue weighted by atomic mass is 9.84. The Balaban J connectivity index is 1.38. The monoisotopic (exact) mass is 474 g/mol. The van der Waals surface area contributed by atoms with Crippen molar-refractivity contribution >= 4 is 40.4 Å². The van der Waals surface area contributed by atoms with Crippen molar-refractivity contribution in [3.8, 4) is 16.4 Å². The van der Waals surface area contributed by atoms with E-state index in [1.54, 1.807) is 16.8 Å². The molecule has 2 fully saturated rings. The van der Waals surface area contributed by atoms with Crippen molar-refractivity contribution in [3.63, 3.8) is 0 Å².